The Morgan fingerprint density at radius 3 is 1.97 bits per heavy atom. The molecule has 1 heterocycles. The third kappa shape index (κ3) is 7.95. The summed E-state index contributed by atoms with van der Waals surface area (Å²) in [5, 5.41) is 6.02. The van der Waals surface area contributed by atoms with Gasteiger partial charge in [0.25, 0.3) is 0 Å². The van der Waals surface area contributed by atoms with E-state index in [1.165, 1.54) is 0 Å². The second-order valence-corrected chi connectivity index (χ2v) is 10.1. The number of likely N-dealkylation sites (tertiary alicyclic amines) is 1. The molecule has 5 atom stereocenters. The number of likely N-dealkylation sites (N-methyl/N-ethyl adjacent to an activating group) is 2. The summed E-state index contributed by atoms with van der Waals surface area (Å²) in [6, 6.07) is -1.31. The summed E-state index contributed by atoms with van der Waals surface area (Å²) in [6.07, 6.45) is 2.75. The van der Waals surface area contributed by atoms with Crippen LogP contribution in [0.3, 0.4) is 0 Å². The van der Waals surface area contributed by atoms with Gasteiger partial charge in [-0.3, -0.25) is 14.4 Å². The van der Waals surface area contributed by atoms with E-state index in [1.54, 1.807) is 26.1 Å². The minimum absolute atomic E-state index is 0.0796. The zero-order valence-electron chi connectivity index (χ0n) is 22.3. The summed E-state index contributed by atoms with van der Waals surface area (Å²) >= 11 is 0. The Balaban J connectivity index is 3.10. The molecule has 0 aromatic rings. The molecule has 0 radical (unpaired) electrons. The lowest BCUT2D eigenvalue weighted by Crippen LogP contribution is -2.59. The number of rotatable bonds is 13. The van der Waals surface area contributed by atoms with E-state index >= 15 is 0 Å². The van der Waals surface area contributed by atoms with E-state index in [2.05, 4.69) is 24.5 Å². The van der Waals surface area contributed by atoms with Gasteiger partial charge in [0, 0.05) is 27.2 Å². The molecule has 8 nitrogen and oxygen atoms in total. The van der Waals surface area contributed by atoms with Crippen molar-refractivity contribution in [3.8, 4) is 0 Å². The number of nitrogens with zero attached hydrogens (tertiary/aromatic N) is 2. The quantitative estimate of drug-likeness (QED) is 0.433. The van der Waals surface area contributed by atoms with Gasteiger partial charge in [-0.05, 0) is 37.6 Å². The van der Waals surface area contributed by atoms with Gasteiger partial charge in [0.05, 0.1) is 24.6 Å². The smallest absolute Gasteiger partial charge is 0.245 e. The molecule has 0 aromatic carbocycles. The molecule has 3 amide bonds. The monoisotopic (exact) mass is 468 g/mol. The molecule has 0 spiro atoms. The maximum Gasteiger partial charge on any atom is 0.245 e. The fourth-order valence-electron chi connectivity index (χ4n) is 4.74. The number of ether oxygens (including phenoxy) is 1. The van der Waals surface area contributed by atoms with Crippen molar-refractivity contribution < 1.29 is 19.1 Å². The second-order valence-electron chi connectivity index (χ2n) is 10.1. The van der Waals surface area contributed by atoms with Crippen molar-refractivity contribution in [2.75, 3.05) is 34.3 Å². The highest BCUT2D eigenvalue weighted by Crippen LogP contribution is 2.24. The minimum Gasteiger partial charge on any atom is -0.379 e. The van der Waals surface area contributed by atoms with Crippen LogP contribution in [0.2, 0.25) is 0 Å². The van der Waals surface area contributed by atoms with Crippen molar-refractivity contribution in [1.82, 2.24) is 20.4 Å². The van der Waals surface area contributed by atoms with E-state index in [0.717, 1.165) is 32.4 Å². The van der Waals surface area contributed by atoms with E-state index in [1.807, 2.05) is 32.6 Å². The second kappa shape index (κ2) is 13.9. The Hall–Kier alpha value is -1.67. The van der Waals surface area contributed by atoms with Crippen LogP contribution in [-0.2, 0) is 19.1 Å². The lowest BCUT2D eigenvalue weighted by molar-refractivity contribution is -0.145. The van der Waals surface area contributed by atoms with Crippen LogP contribution in [0, 0.1) is 17.8 Å². The summed E-state index contributed by atoms with van der Waals surface area (Å²) in [7, 11) is 5.13. The molecule has 0 bridgehead atoms. The largest absolute Gasteiger partial charge is 0.379 e. The van der Waals surface area contributed by atoms with Gasteiger partial charge >= 0.3 is 0 Å². The van der Waals surface area contributed by atoms with E-state index < -0.39 is 12.1 Å². The van der Waals surface area contributed by atoms with Crippen LogP contribution >= 0.6 is 0 Å². The summed E-state index contributed by atoms with van der Waals surface area (Å²) in [5.41, 5.74) is 0. The number of methoxy groups -OCH3 is 1. The number of carbonyl (C=O) groups is 3. The first-order valence-corrected chi connectivity index (χ1v) is 12.5. The van der Waals surface area contributed by atoms with Gasteiger partial charge in [-0.1, -0.05) is 48.0 Å². The zero-order valence-corrected chi connectivity index (χ0v) is 22.3. The van der Waals surface area contributed by atoms with Crippen LogP contribution in [0.1, 0.15) is 67.2 Å². The number of hydrogen-bond donors (Lipinski definition) is 2. The highest BCUT2D eigenvalue weighted by atomic mass is 16.5. The Bertz CT molecular complexity index is 634. The van der Waals surface area contributed by atoms with Crippen molar-refractivity contribution in [3.63, 3.8) is 0 Å². The van der Waals surface area contributed by atoms with Crippen LogP contribution in [0.25, 0.3) is 0 Å². The van der Waals surface area contributed by atoms with Crippen molar-refractivity contribution in [1.29, 1.82) is 0 Å². The predicted molar refractivity (Wildman–Crippen MR) is 132 cm³/mol. The molecule has 8 heteroatoms. The highest BCUT2D eigenvalue weighted by molar-refractivity contribution is 5.90. The topological polar surface area (TPSA) is 91.0 Å². The molecule has 0 saturated carbocycles. The average molecular weight is 469 g/mol. The fourth-order valence-corrected chi connectivity index (χ4v) is 4.74. The van der Waals surface area contributed by atoms with Gasteiger partial charge < -0.3 is 25.2 Å². The Morgan fingerprint density at radius 2 is 1.55 bits per heavy atom. The van der Waals surface area contributed by atoms with Crippen molar-refractivity contribution in [2.24, 2.45) is 17.8 Å². The van der Waals surface area contributed by atoms with E-state index in [-0.39, 0.29) is 54.0 Å². The van der Waals surface area contributed by atoms with Gasteiger partial charge in [0.2, 0.25) is 17.7 Å². The lowest BCUT2D eigenvalue weighted by Gasteiger charge is -2.40. The van der Waals surface area contributed by atoms with Gasteiger partial charge in [-0.15, -0.1) is 0 Å². The molecule has 2 N–H and O–H groups in total. The molecule has 1 fully saturated rings. The van der Waals surface area contributed by atoms with Gasteiger partial charge in [0.15, 0.2) is 0 Å². The van der Waals surface area contributed by atoms with E-state index in [0.29, 0.717) is 0 Å². The molecule has 0 aromatic heterocycles. The lowest BCUT2D eigenvalue weighted by atomic mass is 9.89. The molecular formula is C25H48N4O4. The third-order valence-electron chi connectivity index (χ3n) is 7.03. The summed E-state index contributed by atoms with van der Waals surface area (Å²) in [4.78, 5) is 43.0. The maximum absolute atomic E-state index is 13.7. The molecule has 192 valence electrons. The molecule has 1 aliphatic heterocycles. The minimum atomic E-state index is -0.657. The van der Waals surface area contributed by atoms with Crippen LogP contribution in [0.5, 0.6) is 0 Å². The Kier molecular flexibility index (Phi) is 12.4. The van der Waals surface area contributed by atoms with Gasteiger partial charge in [0.1, 0.15) is 6.04 Å². The van der Waals surface area contributed by atoms with E-state index in [4.69, 9.17) is 4.74 Å². The Labute approximate surface area is 201 Å². The molecule has 0 unspecified atom stereocenters. The maximum atomic E-state index is 13.7. The molecular weight excluding hydrogens is 420 g/mol. The first-order valence-electron chi connectivity index (χ1n) is 12.5. The summed E-state index contributed by atoms with van der Waals surface area (Å²) in [6.45, 7) is 13.6. The fraction of sp³-hybridized carbons (Fsp3) is 0.880. The van der Waals surface area contributed by atoms with Crippen molar-refractivity contribution in [2.45, 2.75) is 91.5 Å². The van der Waals surface area contributed by atoms with Crippen molar-refractivity contribution >= 4 is 17.7 Å². The summed E-state index contributed by atoms with van der Waals surface area (Å²) in [5.74, 6) is -0.120. The standard InChI is InChI=1S/C25H48N4O4/c1-10-18(6)23(19(33-9)15-20(30)29-13-11-12-14-29)28(8)25(32)22(17(4)5)27-24(31)21(26-7)16(2)3/h16-19,21-23,26H,10-15H2,1-9H3,(H,27,31)/t18-,19+,21-,22-,23-/m0/s1. The number of hydrogen-bond acceptors (Lipinski definition) is 5. The number of carbonyl (C=O) groups excluding carboxylic acids is 3. The van der Waals surface area contributed by atoms with Gasteiger partial charge in [-0.2, -0.15) is 0 Å². The first-order chi connectivity index (χ1) is 15.5. The van der Waals surface area contributed by atoms with Crippen molar-refractivity contribution in [3.05, 3.63) is 0 Å². The van der Waals surface area contributed by atoms with Crippen LogP contribution in [0.4, 0.5) is 0 Å². The van der Waals surface area contributed by atoms with E-state index in [9.17, 15) is 14.4 Å². The predicted octanol–water partition coefficient (Wildman–Crippen LogP) is 2.27. The highest BCUT2D eigenvalue weighted by Gasteiger charge is 2.38. The SMILES string of the molecule is CC[C@H](C)[C@@H]([C@@H](CC(=O)N1CCCC1)OC)N(C)C(=O)[C@@H](NC(=O)[C@@H](NC)C(C)C)C(C)C. The number of amides is 3. The number of nitrogens with one attached hydrogen (secondary N) is 2. The zero-order chi connectivity index (χ0) is 25.3. The normalized spacial score (nSPS) is 18.7. The molecule has 1 aliphatic rings. The van der Waals surface area contributed by atoms with Gasteiger partial charge in [-0.25, -0.2) is 0 Å². The van der Waals surface area contributed by atoms with Crippen LogP contribution in [0.15, 0.2) is 0 Å². The Morgan fingerprint density at radius 1 is 1.00 bits per heavy atom. The average Bonchev–Trinajstić information content (AvgIpc) is 3.31. The summed E-state index contributed by atoms with van der Waals surface area (Å²) < 4.78 is 5.81. The van der Waals surface area contributed by atoms with Crippen LogP contribution < -0.4 is 10.6 Å². The molecule has 0 aliphatic carbocycles. The molecule has 33 heavy (non-hydrogen) atoms. The third-order valence-corrected chi connectivity index (χ3v) is 7.03. The molecule has 1 rings (SSSR count). The van der Waals surface area contributed by atoms with Crippen LogP contribution in [-0.4, -0.2) is 86.0 Å². The first kappa shape index (κ1) is 29.4. The molecule has 1 saturated heterocycles.